The molecule has 0 aliphatic carbocycles. The van der Waals surface area contributed by atoms with E-state index in [1.165, 1.54) is 0 Å². The molecule has 0 bridgehead atoms. The highest BCUT2D eigenvalue weighted by Crippen LogP contribution is 2.37. The first-order valence-electron chi connectivity index (χ1n) is 8.65. The largest absolute Gasteiger partial charge is 0.416 e. The summed E-state index contributed by atoms with van der Waals surface area (Å²) in [6.45, 7) is 2.02. The van der Waals surface area contributed by atoms with Gasteiger partial charge in [0.05, 0.1) is 10.5 Å². The smallest absolute Gasteiger partial charge is 0.366 e. The molecule has 1 aliphatic heterocycles. The number of amides is 1. The number of benzene rings is 1. The Bertz CT molecular complexity index is 695. The van der Waals surface area contributed by atoms with Crippen LogP contribution in [0.1, 0.15) is 18.4 Å². The standard InChI is InChI=1S/C17H23F3N4O3.ClH/c1-21-7-10-22(2)16(25)12-5-8-23(9-6-12)14-4-3-13(17(18,19)20)11-15(14)24(26)27;/h3-4,11-12,21H,5-10H2,1-2H3;1H. The van der Waals surface area contributed by atoms with Crippen LogP contribution >= 0.6 is 12.4 Å². The minimum Gasteiger partial charge on any atom is -0.366 e. The minimum absolute atomic E-state index is 0. The van der Waals surface area contributed by atoms with Crippen LogP contribution in [0.5, 0.6) is 0 Å². The molecule has 1 aromatic carbocycles. The summed E-state index contributed by atoms with van der Waals surface area (Å²) < 4.78 is 38.5. The summed E-state index contributed by atoms with van der Waals surface area (Å²) in [6.07, 6.45) is -3.64. The van der Waals surface area contributed by atoms with Gasteiger partial charge < -0.3 is 15.1 Å². The Kier molecular flexibility index (Phi) is 8.49. The molecule has 0 spiro atoms. The van der Waals surface area contributed by atoms with Crippen LogP contribution in [0.3, 0.4) is 0 Å². The number of nitrogens with zero attached hydrogens (tertiary/aromatic N) is 3. The molecular weight excluding hydrogens is 401 g/mol. The van der Waals surface area contributed by atoms with Gasteiger partial charge >= 0.3 is 6.18 Å². The second-order valence-corrected chi connectivity index (χ2v) is 6.58. The van der Waals surface area contributed by atoms with Gasteiger partial charge in [-0.1, -0.05) is 0 Å². The van der Waals surface area contributed by atoms with Crippen molar-refractivity contribution in [2.45, 2.75) is 19.0 Å². The number of nitro benzene ring substituents is 1. The molecular formula is C17H24ClF3N4O3. The minimum atomic E-state index is -4.64. The first-order chi connectivity index (χ1) is 12.6. The van der Waals surface area contributed by atoms with Crippen molar-refractivity contribution in [2.75, 3.05) is 45.2 Å². The van der Waals surface area contributed by atoms with Gasteiger partial charge in [-0.2, -0.15) is 13.2 Å². The molecule has 0 unspecified atom stereocenters. The zero-order chi connectivity index (χ0) is 20.2. The number of rotatable bonds is 6. The zero-order valence-corrected chi connectivity index (χ0v) is 16.5. The van der Waals surface area contributed by atoms with Crippen molar-refractivity contribution in [3.05, 3.63) is 33.9 Å². The van der Waals surface area contributed by atoms with E-state index in [2.05, 4.69) is 5.32 Å². The van der Waals surface area contributed by atoms with Crippen molar-refractivity contribution < 1.29 is 22.9 Å². The number of nitrogens with one attached hydrogen (secondary N) is 1. The van der Waals surface area contributed by atoms with Crippen LogP contribution in [0.4, 0.5) is 24.5 Å². The van der Waals surface area contributed by atoms with Crippen LogP contribution in [0.2, 0.25) is 0 Å². The lowest BCUT2D eigenvalue weighted by Crippen LogP contribution is -2.43. The SMILES string of the molecule is CNCCN(C)C(=O)C1CCN(c2ccc(C(F)(F)F)cc2[N+](=O)[O-])CC1.Cl. The Morgan fingerprint density at radius 1 is 1.36 bits per heavy atom. The Balaban J connectivity index is 0.00000392. The van der Waals surface area contributed by atoms with Gasteiger partial charge in [-0.05, 0) is 32.0 Å². The van der Waals surface area contributed by atoms with Gasteiger partial charge in [-0.25, -0.2) is 0 Å². The van der Waals surface area contributed by atoms with E-state index in [-0.39, 0.29) is 29.9 Å². The number of carbonyl (C=O) groups excluding carboxylic acids is 1. The maximum Gasteiger partial charge on any atom is 0.416 e. The van der Waals surface area contributed by atoms with E-state index >= 15 is 0 Å². The number of hydrogen-bond donors (Lipinski definition) is 1. The summed E-state index contributed by atoms with van der Waals surface area (Å²) in [7, 11) is 3.53. The molecule has 1 fully saturated rings. The summed E-state index contributed by atoms with van der Waals surface area (Å²) in [6, 6.07) is 2.56. The van der Waals surface area contributed by atoms with Crippen molar-refractivity contribution in [1.29, 1.82) is 0 Å². The Hall–Kier alpha value is -2.07. The molecule has 158 valence electrons. The molecule has 28 heavy (non-hydrogen) atoms. The van der Waals surface area contributed by atoms with Crippen molar-refractivity contribution in [2.24, 2.45) is 5.92 Å². The molecule has 2 rings (SSSR count). The van der Waals surface area contributed by atoms with E-state index in [4.69, 9.17) is 0 Å². The van der Waals surface area contributed by atoms with Gasteiger partial charge in [0.25, 0.3) is 5.69 Å². The van der Waals surface area contributed by atoms with Crippen LogP contribution in [0.15, 0.2) is 18.2 Å². The van der Waals surface area contributed by atoms with Crippen molar-refractivity contribution in [1.82, 2.24) is 10.2 Å². The predicted octanol–water partition coefficient (Wildman–Crippen LogP) is 2.93. The summed E-state index contributed by atoms with van der Waals surface area (Å²) in [5.74, 6) is -0.163. The number of hydrogen-bond acceptors (Lipinski definition) is 5. The molecule has 0 aromatic heterocycles. The number of alkyl halides is 3. The molecule has 0 saturated carbocycles. The molecule has 1 heterocycles. The fourth-order valence-corrected chi connectivity index (χ4v) is 3.18. The van der Waals surface area contributed by atoms with Crippen molar-refractivity contribution in [3.63, 3.8) is 0 Å². The third-order valence-corrected chi connectivity index (χ3v) is 4.76. The van der Waals surface area contributed by atoms with Crippen LogP contribution in [0, 0.1) is 16.0 Å². The molecule has 0 atom stereocenters. The Morgan fingerprint density at radius 2 is 1.96 bits per heavy atom. The normalized spacial score (nSPS) is 15.1. The third kappa shape index (κ3) is 5.71. The van der Waals surface area contributed by atoms with Crippen LogP contribution in [-0.4, -0.2) is 56.0 Å². The number of halogens is 4. The van der Waals surface area contributed by atoms with Gasteiger partial charge in [0.15, 0.2) is 0 Å². The van der Waals surface area contributed by atoms with Crippen LogP contribution in [-0.2, 0) is 11.0 Å². The van der Waals surface area contributed by atoms with Gasteiger partial charge in [0.2, 0.25) is 5.91 Å². The molecule has 1 aliphatic rings. The highest BCUT2D eigenvalue weighted by molar-refractivity contribution is 5.85. The van der Waals surface area contributed by atoms with Crippen molar-refractivity contribution in [3.8, 4) is 0 Å². The van der Waals surface area contributed by atoms with Gasteiger partial charge in [0, 0.05) is 45.2 Å². The number of nitro groups is 1. The van der Waals surface area contributed by atoms with Gasteiger partial charge in [0.1, 0.15) is 5.69 Å². The fourth-order valence-electron chi connectivity index (χ4n) is 3.18. The Labute approximate surface area is 167 Å². The predicted molar refractivity (Wildman–Crippen MR) is 102 cm³/mol. The third-order valence-electron chi connectivity index (χ3n) is 4.76. The second-order valence-electron chi connectivity index (χ2n) is 6.58. The van der Waals surface area contributed by atoms with E-state index in [1.54, 1.807) is 23.9 Å². The summed E-state index contributed by atoms with van der Waals surface area (Å²) in [5.41, 5.74) is -1.46. The van der Waals surface area contributed by atoms with E-state index in [9.17, 15) is 28.1 Å². The first-order valence-corrected chi connectivity index (χ1v) is 8.65. The van der Waals surface area contributed by atoms with Gasteiger partial charge in [-0.15, -0.1) is 12.4 Å². The number of likely N-dealkylation sites (N-methyl/N-ethyl adjacent to an activating group) is 2. The number of anilines is 1. The van der Waals surface area contributed by atoms with E-state index in [0.29, 0.717) is 45.1 Å². The molecule has 7 nitrogen and oxygen atoms in total. The quantitative estimate of drug-likeness (QED) is 0.561. The average molecular weight is 425 g/mol. The molecule has 1 aromatic rings. The second kappa shape index (κ2) is 9.92. The lowest BCUT2D eigenvalue weighted by molar-refractivity contribution is -0.384. The topological polar surface area (TPSA) is 78.7 Å². The zero-order valence-electron chi connectivity index (χ0n) is 15.7. The lowest BCUT2D eigenvalue weighted by Gasteiger charge is -2.34. The number of carbonyl (C=O) groups is 1. The lowest BCUT2D eigenvalue weighted by atomic mass is 9.94. The fraction of sp³-hybridized carbons (Fsp3) is 0.588. The number of piperidine rings is 1. The molecule has 1 saturated heterocycles. The van der Waals surface area contributed by atoms with Crippen molar-refractivity contribution >= 4 is 29.7 Å². The maximum absolute atomic E-state index is 12.8. The highest BCUT2D eigenvalue weighted by atomic mass is 35.5. The molecule has 11 heteroatoms. The summed E-state index contributed by atoms with van der Waals surface area (Å²) in [5, 5.41) is 14.2. The van der Waals surface area contributed by atoms with E-state index in [1.807, 2.05) is 0 Å². The van der Waals surface area contributed by atoms with E-state index < -0.39 is 22.4 Å². The van der Waals surface area contributed by atoms with Crippen LogP contribution < -0.4 is 10.2 Å². The highest BCUT2D eigenvalue weighted by Gasteiger charge is 2.35. The first kappa shape index (κ1) is 24.0. The maximum atomic E-state index is 12.8. The van der Waals surface area contributed by atoms with Crippen LogP contribution in [0.25, 0.3) is 0 Å². The summed E-state index contributed by atoms with van der Waals surface area (Å²) >= 11 is 0. The van der Waals surface area contributed by atoms with Gasteiger partial charge in [-0.3, -0.25) is 14.9 Å². The van der Waals surface area contributed by atoms with E-state index in [0.717, 1.165) is 12.1 Å². The molecule has 1 N–H and O–H groups in total. The average Bonchev–Trinajstić information content (AvgIpc) is 2.64. The summed E-state index contributed by atoms with van der Waals surface area (Å²) in [4.78, 5) is 26.2. The molecule has 1 amide bonds. The monoisotopic (exact) mass is 424 g/mol. The molecule has 0 radical (unpaired) electrons. The Morgan fingerprint density at radius 3 is 2.46 bits per heavy atom.